The average Bonchev–Trinajstić information content (AvgIpc) is 2.50. The van der Waals surface area contributed by atoms with Crippen LogP contribution in [0.25, 0.3) is 11.1 Å². The molecule has 26 heavy (non-hydrogen) atoms. The van der Waals surface area contributed by atoms with E-state index < -0.39 is 41.7 Å². The molecule has 0 unspecified atom stereocenters. The Bertz CT molecular complexity index is 949. The predicted molar refractivity (Wildman–Crippen MR) is 98.1 cm³/mol. The predicted octanol–water partition coefficient (Wildman–Crippen LogP) is 1.74. The van der Waals surface area contributed by atoms with Crippen LogP contribution < -0.4 is 9.67 Å². The van der Waals surface area contributed by atoms with E-state index in [9.17, 15) is 26.6 Å². The van der Waals surface area contributed by atoms with Gasteiger partial charge in [0, 0.05) is 0 Å². The van der Waals surface area contributed by atoms with E-state index in [1.54, 1.807) is 0 Å². The topological polar surface area (TPSA) is 124 Å². The van der Waals surface area contributed by atoms with E-state index >= 15 is 0 Å². The van der Waals surface area contributed by atoms with Crippen molar-refractivity contribution >= 4 is 47.5 Å². The zero-order valence-electron chi connectivity index (χ0n) is 14.2. The number of ketones is 1. The van der Waals surface area contributed by atoms with Gasteiger partial charge in [-0.1, -0.05) is 0 Å². The second-order valence-corrected chi connectivity index (χ2v) is 9.39. The van der Waals surface area contributed by atoms with Crippen molar-refractivity contribution in [2.24, 2.45) is 0 Å². The molecule has 0 atom stereocenters. The summed E-state index contributed by atoms with van der Waals surface area (Å²) < 4.78 is 31.7. The first-order valence-electron chi connectivity index (χ1n) is 7.45. The van der Waals surface area contributed by atoms with Gasteiger partial charge < -0.3 is 0 Å². The van der Waals surface area contributed by atoms with Crippen LogP contribution in [0.1, 0.15) is 29.8 Å². The number of carbonyl (C=O) groups is 2. The second-order valence-electron chi connectivity index (χ2n) is 5.74. The minimum absolute atomic E-state index is 0.0271. The first-order chi connectivity index (χ1) is 11.9. The van der Waals surface area contributed by atoms with Crippen molar-refractivity contribution in [1.29, 1.82) is 0 Å². The molecule has 9 heteroatoms. The molecule has 2 aromatic carbocycles. The Morgan fingerprint density at radius 2 is 1.65 bits per heavy atom. The van der Waals surface area contributed by atoms with E-state index in [4.69, 9.17) is 11.6 Å². The van der Waals surface area contributed by atoms with E-state index in [0.717, 1.165) is 6.92 Å². The summed E-state index contributed by atoms with van der Waals surface area (Å²) in [5, 5.41) is 13.1. The van der Waals surface area contributed by atoms with Crippen molar-refractivity contribution in [1.82, 2.24) is 0 Å². The SMILES string of the molecule is CC(=O)Nc1c(O)c(C)c(C(C)=O)c(-c2ccc(Cl)cc2)c1[As](=O)(O)O. The third-order valence-electron chi connectivity index (χ3n) is 3.77. The second kappa shape index (κ2) is 7.29. The fraction of sp³-hybridized carbons (Fsp3) is 0.176. The molecule has 0 aliphatic rings. The van der Waals surface area contributed by atoms with Gasteiger partial charge in [-0.3, -0.25) is 0 Å². The molecule has 0 aliphatic carbocycles. The molecule has 0 aliphatic heterocycles. The zero-order valence-corrected chi connectivity index (χ0v) is 16.8. The van der Waals surface area contributed by atoms with Crippen molar-refractivity contribution in [2.45, 2.75) is 20.8 Å². The van der Waals surface area contributed by atoms with Gasteiger partial charge in [0.25, 0.3) is 0 Å². The summed E-state index contributed by atoms with van der Waals surface area (Å²) in [5.74, 6) is -1.66. The Morgan fingerprint density at radius 1 is 1.12 bits per heavy atom. The van der Waals surface area contributed by atoms with Crippen LogP contribution in [0.4, 0.5) is 5.69 Å². The third kappa shape index (κ3) is 3.86. The summed E-state index contributed by atoms with van der Waals surface area (Å²) in [7, 11) is 0. The normalized spacial score (nSPS) is 11.3. The van der Waals surface area contributed by atoms with Crippen LogP contribution in [-0.4, -0.2) is 39.2 Å². The molecular formula is C17H17AsClNO6. The summed E-state index contributed by atoms with van der Waals surface area (Å²) in [5.41, 5.74) is -0.00949. The molecular weight excluding hydrogens is 425 g/mol. The van der Waals surface area contributed by atoms with Crippen LogP contribution in [0.15, 0.2) is 24.3 Å². The Kier molecular flexibility index (Phi) is 5.68. The number of hydrogen-bond donors (Lipinski definition) is 4. The molecule has 0 radical (unpaired) electrons. The number of phenolic OH excluding ortho intramolecular Hbond substituents is 1. The number of amides is 1. The fourth-order valence-corrected chi connectivity index (χ4v) is 4.97. The first kappa shape index (κ1) is 20.3. The van der Waals surface area contributed by atoms with E-state index in [2.05, 4.69) is 5.32 Å². The van der Waals surface area contributed by atoms with Gasteiger partial charge in [-0.25, -0.2) is 0 Å². The van der Waals surface area contributed by atoms with Gasteiger partial charge in [0.05, 0.1) is 0 Å². The molecule has 0 saturated carbocycles. The quantitative estimate of drug-likeness (QED) is 0.325. The Labute approximate surface area is 157 Å². The monoisotopic (exact) mass is 441 g/mol. The molecule has 0 saturated heterocycles. The average molecular weight is 442 g/mol. The van der Waals surface area contributed by atoms with E-state index in [1.807, 2.05) is 0 Å². The minimum atomic E-state index is -5.72. The van der Waals surface area contributed by atoms with Crippen molar-refractivity contribution in [3.8, 4) is 16.9 Å². The van der Waals surface area contributed by atoms with Crippen molar-refractivity contribution in [3.63, 3.8) is 0 Å². The Morgan fingerprint density at radius 3 is 2.08 bits per heavy atom. The maximum absolute atomic E-state index is 12.3. The number of anilines is 1. The number of hydrogen-bond acceptors (Lipinski definition) is 4. The van der Waals surface area contributed by atoms with Gasteiger partial charge >= 0.3 is 158 Å². The molecule has 0 spiro atoms. The molecule has 0 heterocycles. The molecule has 1 amide bonds. The first-order valence-corrected chi connectivity index (χ1v) is 11.2. The molecule has 0 bridgehead atoms. The zero-order chi connectivity index (χ0) is 19.8. The van der Waals surface area contributed by atoms with E-state index in [0.29, 0.717) is 10.6 Å². The number of halogens is 1. The number of phenols is 1. The number of rotatable bonds is 4. The van der Waals surface area contributed by atoms with Crippen LogP contribution in [-0.2, 0) is 8.53 Å². The van der Waals surface area contributed by atoms with E-state index in [1.165, 1.54) is 38.1 Å². The summed E-state index contributed by atoms with van der Waals surface area (Å²) in [6, 6.07) is 6.04. The molecule has 7 nitrogen and oxygen atoms in total. The Balaban J connectivity index is 3.09. The molecule has 4 N–H and O–H groups in total. The molecule has 0 fully saturated rings. The van der Waals surface area contributed by atoms with Crippen LogP contribution >= 0.6 is 11.6 Å². The molecule has 138 valence electrons. The van der Waals surface area contributed by atoms with Gasteiger partial charge in [-0.15, -0.1) is 0 Å². The number of benzene rings is 2. The summed E-state index contributed by atoms with van der Waals surface area (Å²) in [6.07, 6.45) is 0. The Hall–Kier alpha value is -2.05. The van der Waals surface area contributed by atoms with Crippen LogP contribution in [0.5, 0.6) is 5.75 Å². The van der Waals surface area contributed by atoms with Crippen molar-refractivity contribution in [3.05, 3.63) is 40.4 Å². The van der Waals surface area contributed by atoms with Crippen LogP contribution in [0.2, 0.25) is 5.02 Å². The van der Waals surface area contributed by atoms with Crippen LogP contribution in [0, 0.1) is 6.92 Å². The summed E-state index contributed by atoms with van der Waals surface area (Å²) in [4.78, 5) is 23.7. The van der Waals surface area contributed by atoms with Crippen molar-refractivity contribution < 1.29 is 26.6 Å². The molecule has 0 aromatic heterocycles. The van der Waals surface area contributed by atoms with Gasteiger partial charge in [0.2, 0.25) is 0 Å². The fourth-order valence-electron chi connectivity index (χ4n) is 2.77. The standard InChI is InChI=1S/C17H17AsClNO6/c1-8-13(9(2)21)14(11-4-6-12(19)7-5-11)15(18(24,25)26)16(17(8)23)20-10(3)22/h4-7,23H,1-3H3,(H,20,22)(H2,24,25,26). The third-order valence-corrected chi connectivity index (χ3v) is 6.18. The van der Waals surface area contributed by atoms with Crippen LogP contribution in [0.3, 0.4) is 0 Å². The van der Waals surface area contributed by atoms with E-state index in [-0.39, 0.29) is 16.7 Å². The number of carbonyl (C=O) groups excluding carboxylic acids is 2. The van der Waals surface area contributed by atoms with Crippen molar-refractivity contribution in [2.75, 3.05) is 5.32 Å². The number of Topliss-reactive ketones (excluding diaryl/α,β-unsaturated/α-hetero) is 1. The summed E-state index contributed by atoms with van der Waals surface area (Å²) >= 11 is 0.159. The van der Waals surface area contributed by atoms with Gasteiger partial charge in [0.15, 0.2) is 0 Å². The number of aromatic hydroxyl groups is 1. The molecule has 2 rings (SSSR count). The maximum atomic E-state index is 12.3. The molecule has 2 aromatic rings. The van der Waals surface area contributed by atoms with Gasteiger partial charge in [-0.2, -0.15) is 0 Å². The van der Waals surface area contributed by atoms with Gasteiger partial charge in [0.1, 0.15) is 0 Å². The summed E-state index contributed by atoms with van der Waals surface area (Å²) in [6.45, 7) is 3.81. The number of nitrogens with one attached hydrogen (secondary N) is 1. The van der Waals surface area contributed by atoms with Gasteiger partial charge in [-0.05, 0) is 0 Å².